The molecule has 2 aromatic rings. The molecule has 0 aromatic heterocycles. The zero-order valence-electron chi connectivity index (χ0n) is 18.4. The first-order chi connectivity index (χ1) is 15.5. The van der Waals surface area contributed by atoms with Crippen LogP contribution in [0.4, 0.5) is 4.79 Å². The number of aliphatic hydroxyl groups is 1. The lowest BCUT2D eigenvalue weighted by Crippen LogP contribution is -2.17. The number of rotatable bonds is 10. The molecule has 170 valence electrons. The van der Waals surface area contributed by atoms with Gasteiger partial charge in [-0.15, -0.1) is 0 Å². The maximum Gasteiger partial charge on any atom is 0.290 e. The Morgan fingerprint density at radius 2 is 1.62 bits per heavy atom. The second-order valence-electron chi connectivity index (χ2n) is 8.06. The summed E-state index contributed by atoms with van der Waals surface area (Å²) in [6.45, 7) is 4.66. The third-order valence-corrected chi connectivity index (χ3v) is 6.01. The van der Waals surface area contributed by atoms with Gasteiger partial charge < -0.3 is 9.84 Å². The lowest BCUT2D eigenvalue weighted by atomic mass is 10.1. The van der Waals surface area contributed by atoms with E-state index in [0.717, 1.165) is 59.5 Å². The molecular formula is C26H31NO4S. The summed E-state index contributed by atoms with van der Waals surface area (Å²) < 4.78 is 5.86. The molecule has 4 rings (SSSR count). The summed E-state index contributed by atoms with van der Waals surface area (Å²) in [5, 5.41) is 12.8. The van der Waals surface area contributed by atoms with Crippen molar-refractivity contribution < 1.29 is 19.4 Å². The fraction of sp³-hybridized carbons (Fsp3) is 0.385. The molecule has 0 unspecified atom stereocenters. The Kier molecular flexibility index (Phi) is 9.38. The van der Waals surface area contributed by atoms with Gasteiger partial charge in [0.25, 0.3) is 11.1 Å². The van der Waals surface area contributed by atoms with Gasteiger partial charge in [-0.05, 0) is 78.1 Å². The normalized spacial score (nSPS) is 16.2. The summed E-state index contributed by atoms with van der Waals surface area (Å²) in [6, 6.07) is 11.9. The molecular weight excluding hydrogens is 422 g/mol. The fourth-order valence-corrected chi connectivity index (χ4v) is 3.88. The maximum atomic E-state index is 11.7. The van der Waals surface area contributed by atoms with Crippen molar-refractivity contribution in [3.8, 4) is 5.75 Å². The van der Waals surface area contributed by atoms with Crippen molar-refractivity contribution in [3.05, 3.63) is 59.0 Å². The van der Waals surface area contributed by atoms with Gasteiger partial charge in [0.15, 0.2) is 0 Å². The van der Waals surface area contributed by atoms with Crippen molar-refractivity contribution in [1.82, 2.24) is 5.32 Å². The monoisotopic (exact) mass is 453 g/mol. The number of carbonyl (C=O) groups is 2. The lowest BCUT2D eigenvalue weighted by molar-refractivity contribution is -0.115. The Balaban J connectivity index is 0.000000650. The second-order valence-corrected chi connectivity index (χ2v) is 9.08. The number of hydrogen-bond acceptors (Lipinski definition) is 5. The van der Waals surface area contributed by atoms with Gasteiger partial charge in [0.05, 0.1) is 11.5 Å². The molecule has 5 nitrogen and oxygen atoms in total. The van der Waals surface area contributed by atoms with E-state index in [9.17, 15) is 9.59 Å². The van der Waals surface area contributed by atoms with Crippen LogP contribution in [0.15, 0.2) is 53.5 Å². The number of ether oxygens (including phenoxy) is 1. The summed E-state index contributed by atoms with van der Waals surface area (Å²) in [6.07, 6.45) is 10.8. The molecule has 1 saturated carbocycles. The van der Waals surface area contributed by atoms with Crippen LogP contribution < -0.4 is 10.1 Å². The van der Waals surface area contributed by atoms with Gasteiger partial charge in [0, 0.05) is 6.61 Å². The van der Waals surface area contributed by atoms with Crippen LogP contribution in [0.3, 0.4) is 0 Å². The van der Waals surface area contributed by atoms with Crippen LogP contribution >= 0.6 is 11.8 Å². The van der Waals surface area contributed by atoms with Gasteiger partial charge in [-0.3, -0.25) is 14.9 Å². The van der Waals surface area contributed by atoms with Crippen LogP contribution in [0.1, 0.15) is 56.9 Å². The molecule has 2 aliphatic rings. The van der Waals surface area contributed by atoms with Crippen LogP contribution in [-0.2, 0) is 4.79 Å². The Morgan fingerprint density at radius 3 is 2.28 bits per heavy atom. The quantitative estimate of drug-likeness (QED) is 0.254. The molecule has 0 atom stereocenters. The predicted molar refractivity (Wildman–Crippen MR) is 132 cm³/mol. The van der Waals surface area contributed by atoms with Gasteiger partial charge in [0.1, 0.15) is 5.75 Å². The highest BCUT2D eigenvalue weighted by Crippen LogP contribution is 2.28. The first kappa shape index (κ1) is 24.1. The molecule has 0 bridgehead atoms. The number of benzene rings is 2. The molecule has 2 N–H and O–H groups in total. The van der Waals surface area contributed by atoms with Crippen molar-refractivity contribution in [3.63, 3.8) is 0 Å². The van der Waals surface area contributed by atoms with E-state index < -0.39 is 0 Å². The third kappa shape index (κ3) is 8.17. The molecule has 2 amide bonds. The molecule has 0 spiro atoms. The predicted octanol–water partition coefficient (Wildman–Crippen LogP) is 6.21. The van der Waals surface area contributed by atoms with E-state index in [4.69, 9.17) is 9.84 Å². The number of hydrogen-bond donors (Lipinski definition) is 2. The molecule has 1 heterocycles. The van der Waals surface area contributed by atoms with E-state index in [2.05, 4.69) is 11.9 Å². The molecule has 32 heavy (non-hydrogen) atoms. The van der Waals surface area contributed by atoms with Crippen molar-refractivity contribution in [2.24, 2.45) is 0 Å². The van der Waals surface area contributed by atoms with Crippen LogP contribution in [0.5, 0.6) is 5.75 Å². The zero-order chi connectivity index (χ0) is 22.8. The number of allylic oxidation sites excluding steroid dienone is 1. The van der Waals surface area contributed by atoms with E-state index in [0.29, 0.717) is 11.5 Å². The van der Waals surface area contributed by atoms with Crippen molar-refractivity contribution >= 4 is 39.8 Å². The Bertz CT molecular complexity index is 992. The SMILES string of the molecule is C=C1CC1.O=C1NC(=O)/C(=C/c2ccc3cc(OCCCCCCCCO)ccc3c2)S1. The lowest BCUT2D eigenvalue weighted by Gasteiger charge is -2.08. The maximum absolute atomic E-state index is 11.7. The number of aliphatic hydroxyl groups excluding tert-OH is 1. The van der Waals surface area contributed by atoms with E-state index in [1.54, 1.807) is 6.08 Å². The van der Waals surface area contributed by atoms with Crippen LogP contribution in [0.25, 0.3) is 16.8 Å². The van der Waals surface area contributed by atoms with Crippen molar-refractivity contribution in [1.29, 1.82) is 0 Å². The van der Waals surface area contributed by atoms with Crippen molar-refractivity contribution in [2.45, 2.75) is 51.4 Å². The largest absolute Gasteiger partial charge is 0.494 e. The minimum Gasteiger partial charge on any atom is -0.494 e. The summed E-state index contributed by atoms with van der Waals surface area (Å²) in [4.78, 5) is 23.3. The smallest absolute Gasteiger partial charge is 0.290 e. The van der Waals surface area contributed by atoms with E-state index >= 15 is 0 Å². The minimum atomic E-state index is -0.341. The topological polar surface area (TPSA) is 75.6 Å². The molecule has 6 heteroatoms. The average Bonchev–Trinajstić information content (AvgIpc) is 3.50. The van der Waals surface area contributed by atoms with Crippen LogP contribution in [0, 0.1) is 0 Å². The van der Waals surface area contributed by atoms with Gasteiger partial charge in [-0.25, -0.2) is 0 Å². The number of thioether (sulfide) groups is 1. The molecule has 1 aliphatic carbocycles. The molecule has 2 fully saturated rings. The highest BCUT2D eigenvalue weighted by Gasteiger charge is 2.24. The highest BCUT2D eigenvalue weighted by atomic mass is 32.2. The van der Waals surface area contributed by atoms with Gasteiger partial charge in [-0.2, -0.15) is 0 Å². The molecule has 2 aromatic carbocycles. The Morgan fingerprint density at radius 1 is 0.969 bits per heavy atom. The Labute approximate surface area is 193 Å². The number of unbranched alkanes of at least 4 members (excludes halogenated alkanes) is 5. The third-order valence-electron chi connectivity index (χ3n) is 5.20. The first-order valence-electron chi connectivity index (χ1n) is 11.2. The van der Waals surface area contributed by atoms with Crippen molar-refractivity contribution in [2.75, 3.05) is 13.2 Å². The fourth-order valence-electron chi connectivity index (χ4n) is 3.19. The first-order valence-corrected chi connectivity index (χ1v) is 12.1. The zero-order valence-corrected chi connectivity index (χ0v) is 19.2. The standard InChI is InChI=1S/C22H25NO4S.C4H6/c24-11-5-3-1-2-4-6-12-27-19-10-9-17-13-16(7-8-18(17)15-19)14-20-21(25)23-22(26)28-20;1-4-2-3-4/h7-10,13-15,24H,1-6,11-12H2,(H,23,25,26);1-3H2/b20-14-;. The highest BCUT2D eigenvalue weighted by molar-refractivity contribution is 8.18. The molecule has 1 aliphatic heterocycles. The number of imide groups is 1. The number of fused-ring (bicyclic) bond motifs is 1. The van der Waals surface area contributed by atoms with E-state index in [1.807, 2.05) is 36.4 Å². The summed E-state index contributed by atoms with van der Waals surface area (Å²) >= 11 is 0.925. The minimum absolute atomic E-state index is 0.290. The average molecular weight is 454 g/mol. The van der Waals surface area contributed by atoms with Gasteiger partial charge in [-0.1, -0.05) is 56.0 Å². The number of carbonyl (C=O) groups excluding carboxylic acids is 2. The van der Waals surface area contributed by atoms with Crippen LogP contribution in [0.2, 0.25) is 0 Å². The summed E-state index contributed by atoms with van der Waals surface area (Å²) in [7, 11) is 0. The summed E-state index contributed by atoms with van der Waals surface area (Å²) in [5.74, 6) is 0.516. The number of nitrogens with one attached hydrogen (secondary N) is 1. The van der Waals surface area contributed by atoms with E-state index in [-0.39, 0.29) is 17.8 Å². The molecule has 0 radical (unpaired) electrons. The van der Waals surface area contributed by atoms with E-state index in [1.165, 1.54) is 31.3 Å². The second kappa shape index (κ2) is 12.5. The van der Waals surface area contributed by atoms with Crippen LogP contribution in [-0.4, -0.2) is 29.5 Å². The molecule has 1 saturated heterocycles. The number of amides is 2. The Hall–Kier alpha value is -2.57. The summed E-state index contributed by atoms with van der Waals surface area (Å²) in [5.41, 5.74) is 2.30. The van der Waals surface area contributed by atoms with Gasteiger partial charge in [0.2, 0.25) is 0 Å². The van der Waals surface area contributed by atoms with Gasteiger partial charge >= 0.3 is 0 Å².